The Morgan fingerprint density at radius 2 is 2.00 bits per heavy atom. The third-order valence-electron chi connectivity index (χ3n) is 3.81. The lowest BCUT2D eigenvalue weighted by Crippen LogP contribution is -2.35. The molecule has 2 rings (SSSR count). The van der Waals surface area contributed by atoms with Crippen LogP contribution < -0.4 is 5.32 Å². The third kappa shape index (κ3) is 3.26. The topological polar surface area (TPSA) is 12.0 Å². The Labute approximate surface area is 110 Å². The van der Waals surface area contributed by atoms with Gasteiger partial charge in [-0.3, -0.25) is 0 Å². The first kappa shape index (κ1) is 14.3. The van der Waals surface area contributed by atoms with E-state index in [2.05, 4.69) is 5.32 Å². The van der Waals surface area contributed by atoms with Crippen molar-refractivity contribution >= 4 is 0 Å². The van der Waals surface area contributed by atoms with E-state index in [1.807, 2.05) is 6.92 Å². The molecule has 1 aromatic rings. The molecule has 1 aromatic carbocycles. The van der Waals surface area contributed by atoms with Crippen molar-refractivity contribution in [3.63, 3.8) is 0 Å². The molecule has 0 saturated carbocycles. The summed E-state index contributed by atoms with van der Waals surface area (Å²) >= 11 is 0. The van der Waals surface area contributed by atoms with Crippen LogP contribution in [0.4, 0.5) is 17.6 Å². The zero-order valence-corrected chi connectivity index (χ0v) is 10.7. The van der Waals surface area contributed by atoms with Crippen molar-refractivity contribution in [2.75, 3.05) is 13.1 Å². The second-order valence-corrected chi connectivity index (χ2v) is 5.04. The van der Waals surface area contributed by atoms with Crippen molar-refractivity contribution in [2.24, 2.45) is 5.92 Å². The predicted molar refractivity (Wildman–Crippen MR) is 65.4 cm³/mol. The van der Waals surface area contributed by atoms with Gasteiger partial charge in [-0.05, 0) is 55.1 Å². The second-order valence-electron chi connectivity index (χ2n) is 5.04. The molecule has 1 fully saturated rings. The molecule has 0 spiro atoms. The van der Waals surface area contributed by atoms with Gasteiger partial charge >= 0.3 is 6.18 Å². The molecule has 19 heavy (non-hydrogen) atoms. The van der Waals surface area contributed by atoms with Crippen LogP contribution in [0.25, 0.3) is 0 Å². The van der Waals surface area contributed by atoms with Crippen LogP contribution in [0.2, 0.25) is 0 Å². The van der Waals surface area contributed by atoms with E-state index in [9.17, 15) is 17.6 Å². The molecule has 0 aromatic heterocycles. The number of hydrogen-bond acceptors (Lipinski definition) is 1. The van der Waals surface area contributed by atoms with Gasteiger partial charge < -0.3 is 5.32 Å². The highest BCUT2D eigenvalue weighted by Crippen LogP contribution is 2.36. The number of halogens is 4. The van der Waals surface area contributed by atoms with Gasteiger partial charge in [-0.25, -0.2) is 4.39 Å². The van der Waals surface area contributed by atoms with Gasteiger partial charge in [-0.1, -0.05) is 13.3 Å². The summed E-state index contributed by atoms with van der Waals surface area (Å²) in [4.78, 5) is 0. The van der Waals surface area contributed by atoms with Gasteiger partial charge in [0.05, 0.1) is 5.56 Å². The fourth-order valence-corrected chi connectivity index (χ4v) is 2.78. The third-order valence-corrected chi connectivity index (χ3v) is 3.81. The number of rotatable bonds is 2. The van der Waals surface area contributed by atoms with E-state index in [1.165, 1.54) is 6.07 Å². The molecule has 1 N–H and O–H groups in total. The van der Waals surface area contributed by atoms with Gasteiger partial charge in [0.2, 0.25) is 0 Å². The van der Waals surface area contributed by atoms with Gasteiger partial charge in [-0.2, -0.15) is 13.2 Å². The Bertz CT molecular complexity index is 442. The maximum absolute atomic E-state index is 13.4. The Morgan fingerprint density at radius 1 is 1.26 bits per heavy atom. The second kappa shape index (κ2) is 5.49. The van der Waals surface area contributed by atoms with E-state index in [1.54, 1.807) is 0 Å². The van der Waals surface area contributed by atoms with Crippen molar-refractivity contribution in [2.45, 2.75) is 31.9 Å². The van der Waals surface area contributed by atoms with Crippen LogP contribution in [0.3, 0.4) is 0 Å². The van der Waals surface area contributed by atoms with Gasteiger partial charge in [0.1, 0.15) is 5.82 Å². The van der Waals surface area contributed by atoms with E-state index in [-0.39, 0.29) is 11.8 Å². The zero-order valence-electron chi connectivity index (χ0n) is 10.7. The van der Waals surface area contributed by atoms with E-state index in [0.29, 0.717) is 11.6 Å². The van der Waals surface area contributed by atoms with Crippen molar-refractivity contribution < 1.29 is 17.6 Å². The van der Waals surface area contributed by atoms with Crippen LogP contribution >= 0.6 is 0 Å². The van der Waals surface area contributed by atoms with Gasteiger partial charge in [0.25, 0.3) is 0 Å². The smallest absolute Gasteiger partial charge is 0.316 e. The Kier molecular flexibility index (Phi) is 4.13. The van der Waals surface area contributed by atoms with Crippen LogP contribution in [0, 0.1) is 11.7 Å². The summed E-state index contributed by atoms with van der Waals surface area (Å²) in [6.45, 7) is 3.55. The molecule has 1 saturated heterocycles. The van der Waals surface area contributed by atoms with Crippen molar-refractivity contribution in [1.82, 2.24) is 5.32 Å². The van der Waals surface area contributed by atoms with Crippen molar-refractivity contribution in [3.05, 3.63) is 35.1 Å². The molecule has 106 valence electrons. The highest BCUT2D eigenvalue weighted by Gasteiger charge is 2.33. The largest absolute Gasteiger partial charge is 0.416 e. The van der Waals surface area contributed by atoms with Crippen LogP contribution in [0.15, 0.2) is 18.2 Å². The normalized spacial score (nSPS) is 24.5. The molecule has 2 atom stereocenters. The monoisotopic (exact) mass is 275 g/mol. The van der Waals surface area contributed by atoms with Crippen molar-refractivity contribution in [1.29, 1.82) is 0 Å². The first-order chi connectivity index (χ1) is 8.91. The molecule has 1 heterocycles. The minimum absolute atomic E-state index is 0.00282. The summed E-state index contributed by atoms with van der Waals surface area (Å²) < 4.78 is 51.6. The van der Waals surface area contributed by atoms with Crippen molar-refractivity contribution in [3.8, 4) is 0 Å². The average molecular weight is 275 g/mol. The zero-order chi connectivity index (χ0) is 14.0. The highest BCUT2D eigenvalue weighted by molar-refractivity contribution is 5.30. The van der Waals surface area contributed by atoms with Gasteiger partial charge in [0.15, 0.2) is 0 Å². The minimum atomic E-state index is -4.49. The Hall–Kier alpha value is -1.10. The molecule has 2 unspecified atom stereocenters. The summed E-state index contributed by atoms with van der Waals surface area (Å²) in [5.74, 6) is -0.544. The maximum Gasteiger partial charge on any atom is 0.416 e. The summed E-state index contributed by atoms with van der Waals surface area (Å²) in [6.07, 6.45) is -2.87. The van der Waals surface area contributed by atoms with Crippen LogP contribution in [0.5, 0.6) is 0 Å². The number of hydrogen-bond donors (Lipinski definition) is 1. The number of benzene rings is 1. The number of nitrogens with one attached hydrogen (secondary N) is 1. The molecule has 1 aliphatic rings. The van der Waals surface area contributed by atoms with Gasteiger partial charge in [0, 0.05) is 0 Å². The minimum Gasteiger partial charge on any atom is -0.316 e. The van der Waals surface area contributed by atoms with Crippen LogP contribution in [0.1, 0.15) is 36.8 Å². The SMILES string of the molecule is CCC1CNCCC1c1cc(F)cc(C(F)(F)F)c1. The molecule has 0 amide bonds. The Balaban J connectivity index is 2.35. The molecular weight excluding hydrogens is 258 g/mol. The Morgan fingerprint density at radius 3 is 2.63 bits per heavy atom. The molecular formula is C14H17F4N. The van der Waals surface area contributed by atoms with E-state index < -0.39 is 17.6 Å². The highest BCUT2D eigenvalue weighted by atomic mass is 19.4. The molecule has 1 nitrogen and oxygen atoms in total. The van der Waals surface area contributed by atoms with Gasteiger partial charge in [-0.15, -0.1) is 0 Å². The fraction of sp³-hybridized carbons (Fsp3) is 0.571. The maximum atomic E-state index is 13.4. The molecule has 5 heteroatoms. The number of piperidine rings is 1. The van der Waals surface area contributed by atoms with E-state index in [0.717, 1.165) is 32.0 Å². The molecule has 1 aliphatic heterocycles. The summed E-state index contributed by atoms with van der Waals surface area (Å²) in [5.41, 5.74) is -0.420. The van der Waals surface area contributed by atoms with Crippen LogP contribution in [-0.2, 0) is 6.18 Å². The van der Waals surface area contributed by atoms with E-state index in [4.69, 9.17) is 0 Å². The number of alkyl halides is 3. The molecule has 0 aliphatic carbocycles. The first-order valence-corrected chi connectivity index (χ1v) is 6.50. The fourth-order valence-electron chi connectivity index (χ4n) is 2.78. The summed E-state index contributed by atoms with van der Waals surface area (Å²) in [7, 11) is 0. The van der Waals surface area contributed by atoms with E-state index >= 15 is 0 Å². The summed E-state index contributed by atoms with van der Waals surface area (Å²) in [6, 6.07) is 2.90. The standard InChI is InChI=1S/C14H17F4N/c1-2-9-8-19-4-3-13(9)10-5-11(14(16,17)18)7-12(15)6-10/h5-7,9,13,19H,2-4,8H2,1H3. The quantitative estimate of drug-likeness (QED) is 0.806. The lowest BCUT2D eigenvalue weighted by Gasteiger charge is -2.32. The average Bonchev–Trinajstić information content (AvgIpc) is 2.37. The summed E-state index contributed by atoms with van der Waals surface area (Å²) in [5, 5.41) is 3.23. The predicted octanol–water partition coefficient (Wildman–Crippen LogP) is 3.95. The molecule has 0 bridgehead atoms. The molecule has 0 radical (unpaired) electrons. The van der Waals surface area contributed by atoms with Crippen LogP contribution in [-0.4, -0.2) is 13.1 Å². The first-order valence-electron chi connectivity index (χ1n) is 6.50. The lowest BCUT2D eigenvalue weighted by atomic mass is 9.79. The lowest BCUT2D eigenvalue weighted by molar-refractivity contribution is -0.137.